The van der Waals surface area contributed by atoms with Gasteiger partial charge in [-0.3, -0.25) is 0 Å². The lowest BCUT2D eigenvalue weighted by molar-refractivity contribution is 0.211. The van der Waals surface area contributed by atoms with Crippen molar-refractivity contribution in [1.29, 1.82) is 0 Å². The normalized spacial score (nSPS) is 11.4. The van der Waals surface area contributed by atoms with Gasteiger partial charge >= 0.3 is 6.09 Å². The SMILES string of the molecule is [N-]=[N+]=N[C@@H](Cc1cccc(OC(N)=O)c1)c1nccs1. The highest BCUT2D eigenvalue weighted by Crippen LogP contribution is 2.26. The Labute approximate surface area is 118 Å². The zero-order valence-electron chi connectivity index (χ0n) is 10.3. The number of nitrogens with two attached hydrogens (primary N) is 1. The van der Waals surface area contributed by atoms with Gasteiger partial charge in [-0.25, -0.2) is 9.78 Å². The van der Waals surface area contributed by atoms with Crippen LogP contribution in [0.15, 0.2) is 41.0 Å². The smallest absolute Gasteiger partial charge is 0.409 e. The molecular formula is C12H11N5O2S. The van der Waals surface area contributed by atoms with Gasteiger partial charge in [0.25, 0.3) is 0 Å². The molecule has 2 N–H and O–H groups in total. The summed E-state index contributed by atoms with van der Waals surface area (Å²) in [6.45, 7) is 0. The molecule has 8 heteroatoms. The minimum atomic E-state index is -0.867. The van der Waals surface area contributed by atoms with Crippen LogP contribution in [0.2, 0.25) is 0 Å². The second kappa shape index (κ2) is 6.55. The maximum Gasteiger partial charge on any atom is 0.409 e. The molecule has 0 bridgehead atoms. The van der Waals surface area contributed by atoms with Crippen LogP contribution in [0.4, 0.5) is 4.79 Å². The zero-order chi connectivity index (χ0) is 14.4. The molecule has 0 spiro atoms. The molecule has 1 aromatic carbocycles. The maximum absolute atomic E-state index is 10.7. The average molecular weight is 289 g/mol. The number of nitrogens with zero attached hydrogens (tertiary/aromatic N) is 4. The van der Waals surface area contributed by atoms with Crippen molar-refractivity contribution < 1.29 is 9.53 Å². The highest BCUT2D eigenvalue weighted by atomic mass is 32.1. The zero-order valence-corrected chi connectivity index (χ0v) is 11.2. The van der Waals surface area contributed by atoms with E-state index in [4.69, 9.17) is 16.0 Å². The Hall–Kier alpha value is -2.57. The number of benzene rings is 1. The van der Waals surface area contributed by atoms with Crippen molar-refractivity contribution in [3.8, 4) is 5.75 Å². The van der Waals surface area contributed by atoms with E-state index in [2.05, 4.69) is 15.0 Å². The van der Waals surface area contributed by atoms with Crippen molar-refractivity contribution in [2.24, 2.45) is 10.8 Å². The molecule has 0 radical (unpaired) electrons. The van der Waals surface area contributed by atoms with E-state index in [1.165, 1.54) is 11.3 Å². The largest absolute Gasteiger partial charge is 0.410 e. The van der Waals surface area contributed by atoms with Gasteiger partial charge in [-0.2, -0.15) is 0 Å². The van der Waals surface area contributed by atoms with E-state index in [0.29, 0.717) is 12.2 Å². The van der Waals surface area contributed by atoms with E-state index in [1.807, 2.05) is 11.4 Å². The van der Waals surface area contributed by atoms with Crippen LogP contribution in [0.1, 0.15) is 16.6 Å². The topological polar surface area (TPSA) is 114 Å². The van der Waals surface area contributed by atoms with Crippen LogP contribution in [0.25, 0.3) is 10.4 Å². The first-order valence-electron chi connectivity index (χ1n) is 5.69. The number of ether oxygens (including phenoxy) is 1. The molecule has 0 aliphatic heterocycles. The van der Waals surface area contributed by atoms with E-state index >= 15 is 0 Å². The minimum absolute atomic E-state index is 0.355. The number of primary amides is 1. The molecule has 0 aliphatic carbocycles. The Morgan fingerprint density at radius 2 is 2.45 bits per heavy atom. The highest BCUT2D eigenvalue weighted by Gasteiger charge is 2.13. The van der Waals surface area contributed by atoms with Crippen LogP contribution in [0.3, 0.4) is 0 Å². The van der Waals surface area contributed by atoms with E-state index in [-0.39, 0.29) is 6.04 Å². The van der Waals surface area contributed by atoms with Crippen molar-refractivity contribution in [3.63, 3.8) is 0 Å². The molecule has 20 heavy (non-hydrogen) atoms. The Balaban J connectivity index is 2.18. The summed E-state index contributed by atoms with van der Waals surface area (Å²) >= 11 is 1.42. The molecule has 2 aromatic rings. The number of hydrogen-bond acceptors (Lipinski definition) is 5. The number of thiazole rings is 1. The Bertz CT molecular complexity index is 637. The van der Waals surface area contributed by atoms with Gasteiger partial charge in [-0.1, -0.05) is 17.2 Å². The Morgan fingerprint density at radius 1 is 1.60 bits per heavy atom. The second-order valence-electron chi connectivity index (χ2n) is 3.86. The van der Waals surface area contributed by atoms with Crippen molar-refractivity contribution in [1.82, 2.24) is 4.98 Å². The monoisotopic (exact) mass is 289 g/mol. The summed E-state index contributed by atoms with van der Waals surface area (Å²) in [5, 5.41) is 6.31. The molecule has 0 saturated heterocycles. The number of hydrogen-bond donors (Lipinski definition) is 1. The van der Waals surface area contributed by atoms with Gasteiger partial charge in [0.05, 0.1) is 6.04 Å². The Kier molecular flexibility index (Phi) is 4.54. The highest BCUT2D eigenvalue weighted by molar-refractivity contribution is 7.09. The molecule has 1 atom stereocenters. The maximum atomic E-state index is 10.7. The lowest BCUT2D eigenvalue weighted by Gasteiger charge is -2.09. The number of carbonyl (C=O) groups is 1. The number of amides is 1. The fourth-order valence-electron chi connectivity index (χ4n) is 1.71. The van der Waals surface area contributed by atoms with Crippen molar-refractivity contribution in [2.75, 3.05) is 0 Å². The van der Waals surface area contributed by atoms with E-state index in [0.717, 1.165) is 10.6 Å². The molecule has 1 aromatic heterocycles. The van der Waals surface area contributed by atoms with Crippen LogP contribution < -0.4 is 10.5 Å². The predicted molar refractivity (Wildman–Crippen MR) is 74.4 cm³/mol. The molecule has 7 nitrogen and oxygen atoms in total. The third-order valence-electron chi connectivity index (χ3n) is 2.47. The Morgan fingerprint density at radius 3 is 3.10 bits per heavy atom. The first-order valence-corrected chi connectivity index (χ1v) is 6.57. The molecule has 2 rings (SSSR count). The van der Waals surface area contributed by atoms with Gasteiger partial charge in [-0.05, 0) is 29.6 Å². The summed E-state index contributed by atoms with van der Waals surface area (Å²) in [5.74, 6) is 0.355. The number of carbonyl (C=O) groups excluding carboxylic acids is 1. The summed E-state index contributed by atoms with van der Waals surface area (Å²) in [6, 6.07) is 6.51. The molecule has 1 amide bonds. The van der Waals surface area contributed by atoms with Crippen LogP contribution >= 0.6 is 11.3 Å². The van der Waals surface area contributed by atoms with Gasteiger partial charge in [0.15, 0.2) is 0 Å². The summed E-state index contributed by atoms with van der Waals surface area (Å²) < 4.78 is 4.81. The van der Waals surface area contributed by atoms with E-state index in [9.17, 15) is 4.79 Å². The first kappa shape index (κ1) is 13.9. The van der Waals surface area contributed by atoms with Crippen molar-refractivity contribution >= 4 is 17.4 Å². The van der Waals surface area contributed by atoms with Gasteiger partial charge in [0.1, 0.15) is 10.8 Å². The van der Waals surface area contributed by atoms with Crippen molar-refractivity contribution in [3.05, 3.63) is 56.9 Å². The quantitative estimate of drug-likeness (QED) is 0.517. The van der Waals surface area contributed by atoms with Crippen molar-refractivity contribution in [2.45, 2.75) is 12.5 Å². The predicted octanol–water partition coefficient (Wildman–Crippen LogP) is 3.19. The van der Waals surface area contributed by atoms with Crippen LogP contribution in [-0.4, -0.2) is 11.1 Å². The van der Waals surface area contributed by atoms with Gasteiger partial charge in [0, 0.05) is 16.5 Å². The van der Waals surface area contributed by atoms with Gasteiger partial charge in [0.2, 0.25) is 0 Å². The second-order valence-corrected chi connectivity index (χ2v) is 4.79. The summed E-state index contributed by atoms with van der Waals surface area (Å²) in [5.41, 5.74) is 14.5. The number of azide groups is 1. The molecule has 1 heterocycles. The summed E-state index contributed by atoms with van der Waals surface area (Å²) in [4.78, 5) is 17.7. The first-order chi connectivity index (χ1) is 9.69. The molecule has 0 saturated carbocycles. The molecular weight excluding hydrogens is 278 g/mol. The third kappa shape index (κ3) is 3.71. The number of rotatable bonds is 5. The van der Waals surface area contributed by atoms with E-state index < -0.39 is 6.09 Å². The lowest BCUT2D eigenvalue weighted by atomic mass is 10.1. The number of aromatic nitrogens is 1. The fourth-order valence-corrected chi connectivity index (χ4v) is 2.38. The van der Waals surface area contributed by atoms with Crippen LogP contribution in [0.5, 0.6) is 5.75 Å². The molecule has 0 fully saturated rings. The minimum Gasteiger partial charge on any atom is -0.410 e. The summed E-state index contributed by atoms with van der Waals surface area (Å²) in [6.07, 6.45) is 1.26. The molecule has 0 unspecified atom stereocenters. The average Bonchev–Trinajstić information content (AvgIpc) is 2.91. The van der Waals surface area contributed by atoms with E-state index in [1.54, 1.807) is 24.4 Å². The standard InChI is InChI=1S/C12H11N5O2S/c13-12(18)19-9-3-1-2-8(6-9)7-10(16-17-14)11-15-4-5-20-11/h1-6,10H,7H2,(H2,13,18)/t10-/m0/s1. The molecule has 102 valence electrons. The fraction of sp³-hybridized carbons (Fsp3) is 0.167. The van der Waals surface area contributed by atoms with Gasteiger partial charge in [-0.15, -0.1) is 11.3 Å². The van der Waals surface area contributed by atoms with Gasteiger partial charge < -0.3 is 10.5 Å². The van der Waals surface area contributed by atoms with Crippen LogP contribution in [-0.2, 0) is 6.42 Å². The third-order valence-corrected chi connectivity index (χ3v) is 3.35. The summed E-state index contributed by atoms with van der Waals surface area (Å²) in [7, 11) is 0. The lowest BCUT2D eigenvalue weighted by Crippen LogP contribution is -2.16. The molecule has 0 aliphatic rings. The van der Waals surface area contributed by atoms with Crippen LogP contribution in [0, 0.1) is 0 Å².